The number of nitrogens with one attached hydrogen (secondary N) is 1. The standard InChI is InChI=1S/C19H22INO2/c1-4-5-9-23-16-8-6-7-15(12-16)19(22)21-18-11-13(2)17(20)10-14(18)3/h6-8,10-12H,4-5,9H2,1-3H3,(H,21,22). The monoisotopic (exact) mass is 423 g/mol. The summed E-state index contributed by atoms with van der Waals surface area (Å²) in [6, 6.07) is 11.4. The quantitative estimate of drug-likeness (QED) is 0.503. The molecular formula is C19H22INO2. The van der Waals surface area contributed by atoms with Crippen LogP contribution in [-0.4, -0.2) is 12.5 Å². The minimum Gasteiger partial charge on any atom is -0.494 e. The van der Waals surface area contributed by atoms with E-state index in [2.05, 4.69) is 40.9 Å². The van der Waals surface area contributed by atoms with Crippen LogP contribution in [0.5, 0.6) is 5.75 Å². The lowest BCUT2D eigenvalue weighted by atomic mass is 10.1. The maximum absolute atomic E-state index is 12.5. The van der Waals surface area contributed by atoms with E-state index in [1.807, 2.05) is 32.0 Å². The van der Waals surface area contributed by atoms with Crippen molar-refractivity contribution in [3.05, 3.63) is 56.7 Å². The van der Waals surface area contributed by atoms with Gasteiger partial charge in [-0.3, -0.25) is 4.79 Å². The first-order valence-electron chi connectivity index (χ1n) is 7.82. The number of anilines is 1. The molecule has 2 aromatic rings. The summed E-state index contributed by atoms with van der Waals surface area (Å²) in [4.78, 5) is 12.5. The number of benzene rings is 2. The number of hydrogen-bond donors (Lipinski definition) is 1. The highest BCUT2D eigenvalue weighted by Crippen LogP contribution is 2.23. The van der Waals surface area contributed by atoms with E-state index >= 15 is 0 Å². The van der Waals surface area contributed by atoms with Gasteiger partial charge in [0, 0.05) is 14.8 Å². The zero-order chi connectivity index (χ0) is 16.8. The molecule has 0 fully saturated rings. The maximum Gasteiger partial charge on any atom is 0.255 e. The van der Waals surface area contributed by atoms with Crippen molar-refractivity contribution in [1.82, 2.24) is 0 Å². The number of unbranched alkanes of at least 4 members (excludes halogenated alkanes) is 1. The first-order valence-corrected chi connectivity index (χ1v) is 8.90. The lowest BCUT2D eigenvalue weighted by molar-refractivity contribution is 0.102. The van der Waals surface area contributed by atoms with Crippen LogP contribution in [0.25, 0.3) is 0 Å². The van der Waals surface area contributed by atoms with Crippen molar-refractivity contribution in [1.29, 1.82) is 0 Å². The van der Waals surface area contributed by atoms with Crippen molar-refractivity contribution < 1.29 is 9.53 Å². The minimum absolute atomic E-state index is 0.116. The number of hydrogen-bond acceptors (Lipinski definition) is 2. The highest BCUT2D eigenvalue weighted by molar-refractivity contribution is 14.1. The van der Waals surface area contributed by atoms with Crippen LogP contribution >= 0.6 is 22.6 Å². The van der Waals surface area contributed by atoms with Crippen LogP contribution in [0.15, 0.2) is 36.4 Å². The van der Waals surface area contributed by atoms with Crippen LogP contribution < -0.4 is 10.1 Å². The van der Waals surface area contributed by atoms with Crippen LogP contribution in [-0.2, 0) is 0 Å². The molecule has 0 aliphatic rings. The van der Waals surface area contributed by atoms with Gasteiger partial charge in [-0.1, -0.05) is 19.4 Å². The van der Waals surface area contributed by atoms with Crippen molar-refractivity contribution in [2.24, 2.45) is 0 Å². The first kappa shape index (κ1) is 17.8. The third-order valence-electron chi connectivity index (χ3n) is 3.62. The lowest BCUT2D eigenvalue weighted by Crippen LogP contribution is -2.13. The molecule has 4 heteroatoms. The summed E-state index contributed by atoms with van der Waals surface area (Å²) >= 11 is 2.30. The average Bonchev–Trinajstić information content (AvgIpc) is 2.53. The van der Waals surface area contributed by atoms with E-state index in [-0.39, 0.29) is 5.91 Å². The molecule has 0 heterocycles. The first-order chi connectivity index (χ1) is 11.0. The molecular weight excluding hydrogens is 401 g/mol. The summed E-state index contributed by atoms with van der Waals surface area (Å²) in [7, 11) is 0. The Morgan fingerprint density at radius 2 is 1.96 bits per heavy atom. The zero-order valence-electron chi connectivity index (χ0n) is 13.8. The molecule has 0 saturated heterocycles. The molecule has 0 unspecified atom stereocenters. The largest absolute Gasteiger partial charge is 0.494 e. The molecule has 0 atom stereocenters. The Hall–Kier alpha value is -1.56. The molecule has 2 rings (SSSR count). The van der Waals surface area contributed by atoms with Gasteiger partial charge < -0.3 is 10.1 Å². The molecule has 0 radical (unpaired) electrons. The molecule has 1 amide bonds. The molecule has 0 aliphatic heterocycles. The Bertz CT molecular complexity index is 698. The van der Waals surface area contributed by atoms with Gasteiger partial charge in [0.25, 0.3) is 5.91 Å². The number of ether oxygens (including phenoxy) is 1. The fraction of sp³-hybridized carbons (Fsp3) is 0.316. The molecule has 3 nitrogen and oxygen atoms in total. The van der Waals surface area contributed by atoms with Gasteiger partial charge in [-0.2, -0.15) is 0 Å². The molecule has 0 bridgehead atoms. The SMILES string of the molecule is CCCCOc1cccc(C(=O)Nc2cc(C)c(I)cc2C)c1. The van der Waals surface area contributed by atoms with E-state index in [0.29, 0.717) is 12.2 Å². The van der Waals surface area contributed by atoms with Gasteiger partial charge in [0.05, 0.1) is 6.61 Å². The molecule has 0 spiro atoms. The minimum atomic E-state index is -0.116. The Kier molecular flexibility index (Phi) is 6.45. The lowest BCUT2D eigenvalue weighted by Gasteiger charge is -2.12. The van der Waals surface area contributed by atoms with E-state index in [0.717, 1.165) is 35.4 Å². The van der Waals surface area contributed by atoms with Gasteiger partial charge in [-0.05, 0) is 84.3 Å². The third-order valence-corrected chi connectivity index (χ3v) is 4.78. The summed E-state index contributed by atoms with van der Waals surface area (Å²) in [5, 5.41) is 2.99. The van der Waals surface area contributed by atoms with Crippen LogP contribution in [0.4, 0.5) is 5.69 Å². The molecule has 2 aromatic carbocycles. The highest BCUT2D eigenvalue weighted by atomic mass is 127. The zero-order valence-corrected chi connectivity index (χ0v) is 15.9. The smallest absolute Gasteiger partial charge is 0.255 e. The second kappa shape index (κ2) is 8.34. The summed E-state index contributed by atoms with van der Waals surface area (Å²) in [5.41, 5.74) is 3.67. The van der Waals surface area contributed by atoms with Gasteiger partial charge in [-0.25, -0.2) is 0 Å². The van der Waals surface area contributed by atoms with Crippen LogP contribution in [0.2, 0.25) is 0 Å². The van der Waals surface area contributed by atoms with Crippen molar-refractivity contribution in [3.8, 4) is 5.75 Å². The van der Waals surface area contributed by atoms with Gasteiger partial charge in [0.2, 0.25) is 0 Å². The number of carbonyl (C=O) groups is 1. The highest BCUT2D eigenvalue weighted by Gasteiger charge is 2.10. The van der Waals surface area contributed by atoms with E-state index in [9.17, 15) is 4.79 Å². The van der Waals surface area contributed by atoms with Crippen molar-refractivity contribution in [3.63, 3.8) is 0 Å². The average molecular weight is 423 g/mol. The summed E-state index contributed by atoms with van der Waals surface area (Å²) < 4.78 is 6.86. The van der Waals surface area contributed by atoms with Crippen LogP contribution in [0.3, 0.4) is 0 Å². The topological polar surface area (TPSA) is 38.3 Å². The molecule has 1 N–H and O–H groups in total. The van der Waals surface area contributed by atoms with Crippen molar-refractivity contribution >= 4 is 34.2 Å². The second-order valence-electron chi connectivity index (χ2n) is 5.60. The van der Waals surface area contributed by atoms with E-state index < -0.39 is 0 Å². The van der Waals surface area contributed by atoms with Gasteiger partial charge in [-0.15, -0.1) is 0 Å². The third kappa shape index (κ3) is 4.96. The normalized spacial score (nSPS) is 10.4. The van der Waals surface area contributed by atoms with Gasteiger partial charge in [0.1, 0.15) is 5.75 Å². The van der Waals surface area contributed by atoms with E-state index in [1.54, 1.807) is 12.1 Å². The number of halogens is 1. The second-order valence-corrected chi connectivity index (χ2v) is 6.76. The number of amides is 1. The van der Waals surface area contributed by atoms with Crippen LogP contribution in [0.1, 0.15) is 41.3 Å². The fourth-order valence-electron chi connectivity index (χ4n) is 2.17. The van der Waals surface area contributed by atoms with Crippen molar-refractivity contribution in [2.75, 3.05) is 11.9 Å². The molecule has 0 aliphatic carbocycles. The summed E-state index contributed by atoms with van der Waals surface area (Å²) in [5.74, 6) is 0.622. The van der Waals surface area contributed by atoms with E-state index in [4.69, 9.17) is 4.74 Å². The molecule has 0 saturated carbocycles. The fourth-order valence-corrected chi connectivity index (χ4v) is 2.79. The molecule has 122 valence electrons. The Labute approximate surface area is 151 Å². The van der Waals surface area contributed by atoms with Gasteiger partial charge >= 0.3 is 0 Å². The Morgan fingerprint density at radius 3 is 2.70 bits per heavy atom. The number of aryl methyl sites for hydroxylation is 2. The number of carbonyl (C=O) groups excluding carboxylic acids is 1. The number of rotatable bonds is 6. The molecule has 23 heavy (non-hydrogen) atoms. The maximum atomic E-state index is 12.5. The Balaban J connectivity index is 2.12. The summed E-state index contributed by atoms with van der Waals surface area (Å²) in [6.45, 7) is 6.84. The predicted octanol–water partition coefficient (Wildman–Crippen LogP) is 5.34. The Morgan fingerprint density at radius 1 is 1.17 bits per heavy atom. The molecule has 0 aromatic heterocycles. The van der Waals surface area contributed by atoms with Crippen molar-refractivity contribution in [2.45, 2.75) is 33.6 Å². The van der Waals surface area contributed by atoms with Gasteiger partial charge in [0.15, 0.2) is 0 Å². The van der Waals surface area contributed by atoms with E-state index in [1.165, 1.54) is 3.57 Å². The predicted molar refractivity (Wildman–Crippen MR) is 103 cm³/mol. The van der Waals surface area contributed by atoms with Crippen LogP contribution in [0, 0.1) is 17.4 Å². The summed E-state index contributed by atoms with van der Waals surface area (Å²) in [6.07, 6.45) is 2.10.